The number of nitrogens with zero attached hydrogens (tertiary/aromatic N) is 2. The number of aryl methyl sites for hydroxylation is 3. The zero-order valence-corrected chi connectivity index (χ0v) is 21.4. The molecule has 3 aromatic carbocycles. The van der Waals surface area contributed by atoms with Crippen LogP contribution < -0.4 is 5.43 Å². The molecule has 9 heteroatoms. The number of sulfonamides is 1. The number of carbonyl (C=O) groups excluding carboxylic acids is 1. The SMILES string of the molecule is Cc1cc(C)c(S(=O)(=O)N(CC(=O)N/N=C/c2ccccc2)Cc2ccc(Cl)c(Cl)c2)c(C)c1. The van der Waals surface area contributed by atoms with E-state index in [4.69, 9.17) is 23.2 Å². The number of hydrogen-bond donors (Lipinski definition) is 1. The van der Waals surface area contributed by atoms with Crippen molar-refractivity contribution in [1.82, 2.24) is 9.73 Å². The first-order chi connectivity index (χ1) is 16.1. The van der Waals surface area contributed by atoms with Crippen molar-refractivity contribution in [2.75, 3.05) is 6.54 Å². The Morgan fingerprint density at radius 2 is 1.62 bits per heavy atom. The van der Waals surface area contributed by atoms with E-state index in [-0.39, 0.29) is 11.4 Å². The molecule has 0 saturated carbocycles. The molecule has 0 aliphatic heterocycles. The molecule has 0 bridgehead atoms. The molecule has 0 saturated heterocycles. The molecule has 178 valence electrons. The van der Waals surface area contributed by atoms with E-state index in [9.17, 15) is 13.2 Å². The smallest absolute Gasteiger partial charge is 0.255 e. The molecule has 1 N–H and O–H groups in total. The molecule has 0 aliphatic carbocycles. The lowest BCUT2D eigenvalue weighted by atomic mass is 10.1. The second-order valence-electron chi connectivity index (χ2n) is 7.95. The van der Waals surface area contributed by atoms with E-state index >= 15 is 0 Å². The van der Waals surface area contributed by atoms with Crippen molar-refractivity contribution >= 4 is 45.3 Å². The summed E-state index contributed by atoms with van der Waals surface area (Å²) >= 11 is 12.1. The maximum Gasteiger partial charge on any atom is 0.255 e. The van der Waals surface area contributed by atoms with Gasteiger partial charge in [-0.15, -0.1) is 0 Å². The lowest BCUT2D eigenvalue weighted by Crippen LogP contribution is -2.39. The highest BCUT2D eigenvalue weighted by Gasteiger charge is 2.30. The van der Waals surface area contributed by atoms with E-state index in [1.54, 1.807) is 44.2 Å². The molecule has 34 heavy (non-hydrogen) atoms. The van der Waals surface area contributed by atoms with Gasteiger partial charge >= 0.3 is 0 Å². The number of benzene rings is 3. The normalized spacial score (nSPS) is 11.8. The lowest BCUT2D eigenvalue weighted by Gasteiger charge is -2.24. The molecule has 0 atom stereocenters. The number of amides is 1. The van der Waals surface area contributed by atoms with Crippen LogP contribution in [0.1, 0.15) is 27.8 Å². The van der Waals surface area contributed by atoms with Crippen molar-refractivity contribution in [2.24, 2.45) is 5.10 Å². The predicted molar refractivity (Wildman–Crippen MR) is 137 cm³/mol. The summed E-state index contributed by atoms with van der Waals surface area (Å²) in [6.07, 6.45) is 1.49. The van der Waals surface area contributed by atoms with Gasteiger partial charge in [0.2, 0.25) is 10.0 Å². The van der Waals surface area contributed by atoms with Crippen LogP contribution in [0.5, 0.6) is 0 Å². The van der Waals surface area contributed by atoms with Gasteiger partial charge in [0.25, 0.3) is 5.91 Å². The third-order valence-electron chi connectivity index (χ3n) is 5.07. The van der Waals surface area contributed by atoms with Crippen molar-refractivity contribution in [3.63, 3.8) is 0 Å². The molecule has 0 radical (unpaired) electrons. The molecule has 0 heterocycles. The van der Waals surface area contributed by atoms with Gasteiger partial charge in [0.05, 0.1) is 27.7 Å². The summed E-state index contributed by atoms with van der Waals surface area (Å²) in [6.45, 7) is 4.90. The molecule has 0 fully saturated rings. The lowest BCUT2D eigenvalue weighted by molar-refractivity contribution is -0.121. The first-order valence-electron chi connectivity index (χ1n) is 10.5. The van der Waals surface area contributed by atoms with Crippen LogP contribution in [-0.4, -0.2) is 31.4 Å². The first kappa shape index (κ1) is 25.9. The van der Waals surface area contributed by atoms with E-state index < -0.39 is 22.5 Å². The quantitative estimate of drug-likeness (QED) is 0.327. The van der Waals surface area contributed by atoms with E-state index in [2.05, 4.69) is 10.5 Å². The second kappa shape index (κ2) is 11.1. The van der Waals surface area contributed by atoms with Crippen molar-refractivity contribution in [2.45, 2.75) is 32.2 Å². The summed E-state index contributed by atoms with van der Waals surface area (Å²) in [5.41, 5.74) is 5.98. The molecule has 0 aromatic heterocycles. The average Bonchev–Trinajstić information content (AvgIpc) is 2.75. The van der Waals surface area contributed by atoms with Crippen molar-refractivity contribution in [1.29, 1.82) is 0 Å². The van der Waals surface area contributed by atoms with Gasteiger partial charge in [-0.3, -0.25) is 4.79 Å². The van der Waals surface area contributed by atoms with E-state index in [1.165, 1.54) is 6.21 Å². The van der Waals surface area contributed by atoms with E-state index in [0.717, 1.165) is 15.4 Å². The van der Waals surface area contributed by atoms with E-state index in [0.29, 0.717) is 26.7 Å². The minimum atomic E-state index is -4.03. The minimum absolute atomic E-state index is 0.0677. The highest BCUT2D eigenvalue weighted by molar-refractivity contribution is 7.89. The summed E-state index contributed by atoms with van der Waals surface area (Å²) in [5.74, 6) is -0.571. The van der Waals surface area contributed by atoms with Crippen LogP contribution in [-0.2, 0) is 21.4 Å². The molecule has 1 amide bonds. The second-order valence-corrected chi connectivity index (χ2v) is 10.6. The molecular weight excluding hydrogens is 493 g/mol. The Kier molecular flexibility index (Phi) is 8.49. The summed E-state index contributed by atoms with van der Waals surface area (Å²) in [4.78, 5) is 12.9. The Hall–Kier alpha value is -2.71. The highest BCUT2D eigenvalue weighted by Crippen LogP contribution is 2.28. The summed E-state index contributed by atoms with van der Waals surface area (Å²) < 4.78 is 28.6. The fourth-order valence-electron chi connectivity index (χ4n) is 3.68. The molecule has 0 aliphatic rings. The largest absolute Gasteiger partial charge is 0.272 e. The van der Waals surface area contributed by atoms with Crippen molar-refractivity contribution in [3.05, 3.63) is 98.5 Å². The van der Waals surface area contributed by atoms with Crippen LogP contribution in [0, 0.1) is 20.8 Å². The number of hydrazone groups is 1. The average molecular weight is 518 g/mol. The van der Waals surface area contributed by atoms with Crippen LogP contribution in [0.3, 0.4) is 0 Å². The van der Waals surface area contributed by atoms with Gasteiger partial charge in [-0.05, 0) is 55.2 Å². The Bertz CT molecular complexity index is 1300. The van der Waals surface area contributed by atoms with E-state index in [1.807, 2.05) is 37.3 Å². The number of halogens is 2. The van der Waals surface area contributed by atoms with Gasteiger partial charge in [0, 0.05) is 6.54 Å². The Morgan fingerprint density at radius 1 is 0.971 bits per heavy atom. The number of hydrogen-bond acceptors (Lipinski definition) is 4. The molecule has 6 nitrogen and oxygen atoms in total. The van der Waals surface area contributed by atoms with Gasteiger partial charge in [-0.2, -0.15) is 9.41 Å². The van der Waals surface area contributed by atoms with Gasteiger partial charge in [0.15, 0.2) is 0 Å². The zero-order chi connectivity index (χ0) is 24.9. The standard InChI is InChI=1S/C25H25Cl2N3O3S/c1-17-11-18(2)25(19(3)12-17)34(32,33)30(15-21-9-10-22(26)23(27)13-21)16-24(31)29-28-14-20-7-5-4-6-8-20/h4-14H,15-16H2,1-3H3,(H,29,31)/b28-14+. The molecule has 3 rings (SSSR count). The number of carbonyl (C=O) groups is 1. The fourth-order valence-corrected chi connectivity index (χ4v) is 5.80. The van der Waals surface area contributed by atoms with Crippen molar-refractivity contribution < 1.29 is 13.2 Å². The summed E-state index contributed by atoms with van der Waals surface area (Å²) in [6, 6.07) is 17.7. The van der Waals surface area contributed by atoms with Crippen LogP contribution in [0.15, 0.2) is 70.7 Å². The monoisotopic (exact) mass is 517 g/mol. The Balaban J connectivity index is 1.91. The highest BCUT2D eigenvalue weighted by atomic mass is 35.5. The summed E-state index contributed by atoms with van der Waals surface area (Å²) in [5, 5.41) is 4.61. The maximum atomic E-state index is 13.7. The zero-order valence-electron chi connectivity index (χ0n) is 19.0. The van der Waals surface area contributed by atoms with Crippen LogP contribution in [0.25, 0.3) is 0 Å². The number of nitrogens with one attached hydrogen (secondary N) is 1. The molecule has 0 spiro atoms. The molecule has 3 aromatic rings. The summed E-state index contributed by atoms with van der Waals surface area (Å²) in [7, 11) is -4.03. The predicted octanol–water partition coefficient (Wildman–Crippen LogP) is 5.26. The van der Waals surface area contributed by atoms with Crippen LogP contribution in [0.4, 0.5) is 0 Å². The first-order valence-corrected chi connectivity index (χ1v) is 12.7. The Labute approximate surface area is 210 Å². The van der Waals surface area contributed by atoms with Crippen LogP contribution in [0.2, 0.25) is 10.0 Å². The third kappa shape index (κ3) is 6.45. The Morgan fingerprint density at radius 3 is 2.24 bits per heavy atom. The van der Waals surface area contributed by atoms with Gasteiger partial charge in [-0.25, -0.2) is 13.8 Å². The minimum Gasteiger partial charge on any atom is -0.272 e. The number of rotatable bonds is 8. The van der Waals surface area contributed by atoms with Gasteiger partial charge < -0.3 is 0 Å². The van der Waals surface area contributed by atoms with Gasteiger partial charge in [0.1, 0.15) is 0 Å². The topological polar surface area (TPSA) is 78.8 Å². The molecular formula is C25H25Cl2N3O3S. The third-order valence-corrected chi connectivity index (χ3v) is 7.90. The molecule has 0 unspecified atom stereocenters. The fraction of sp³-hybridized carbons (Fsp3) is 0.200. The van der Waals surface area contributed by atoms with Crippen molar-refractivity contribution in [3.8, 4) is 0 Å². The maximum absolute atomic E-state index is 13.7. The van der Waals surface area contributed by atoms with Crippen LogP contribution >= 0.6 is 23.2 Å². The van der Waals surface area contributed by atoms with Gasteiger partial charge in [-0.1, -0.05) is 77.3 Å².